The number of ether oxygens (including phenoxy) is 1. The fourth-order valence-electron chi connectivity index (χ4n) is 4.52. The van der Waals surface area contributed by atoms with E-state index < -0.39 is 10.0 Å². The van der Waals surface area contributed by atoms with E-state index >= 15 is 0 Å². The normalized spacial score (nSPS) is 15.1. The van der Waals surface area contributed by atoms with Crippen molar-refractivity contribution in [1.82, 2.24) is 19.0 Å². The van der Waals surface area contributed by atoms with Crippen LogP contribution in [0.15, 0.2) is 59.5 Å². The molecule has 0 radical (unpaired) electrons. The Morgan fingerprint density at radius 1 is 1.06 bits per heavy atom. The van der Waals surface area contributed by atoms with Crippen molar-refractivity contribution in [3.05, 3.63) is 71.7 Å². The summed E-state index contributed by atoms with van der Waals surface area (Å²) in [6.45, 7) is 8.89. The van der Waals surface area contributed by atoms with Crippen LogP contribution in [-0.2, 0) is 21.3 Å². The van der Waals surface area contributed by atoms with Gasteiger partial charge in [-0.3, -0.25) is 0 Å². The van der Waals surface area contributed by atoms with Gasteiger partial charge in [0.25, 0.3) is 0 Å². The van der Waals surface area contributed by atoms with Crippen LogP contribution in [0.4, 0.5) is 10.2 Å². The molecule has 8 nitrogen and oxygen atoms in total. The molecule has 1 aromatic heterocycles. The second-order valence-electron chi connectivity index (χ2n) is 8.84. The lowest BCUT2D eigenvalue weighted by Gasteiger charge is -2.36. The van der Waals surface area contributed by atoms with Crippen LogP contribution < -0.4 is 4.90 Å². The van der Waals surface area contributed by atoms with Crippen LogP contribution in [0.1, 0.15) is 18.2 Å². The Labute approximate surface area is 212 Å². The van der Waals surface area contributed by atoms with Crippen LogP contribution in [0, 0.1) is 12.7 Å². The summed E-state index contributed by atoms with van der Waals surface area (Å²) in [6, 6.07) is 14.7. The van der Waals surface area contributed by atoms with Crippen molar-refractivity contribution in [2.45, 2.75) is 25.3 Å². The summed E-state index contributed by atoms with van der Waals surface area (Å²) in [5.74, 6) is 0.455. The molecule has 36 heavy (non-hydrogen) atoms. The number of sulfonamides is 1. The van der Waals surface area contributed by atoms with Gasteiger partial charge in [0.15, 0.2) is 0 Å². The van der Waals surface area contributed by atoms with Gasteiger partial charge in [0.05, 0.1) is 22.9 Å². The van der Waals surface area contributed by atoms with Gasteiger partial charge in [0, 0.05) is 51.9 Å². The van der Waals surface area contributed by atoms with Gasteiger partial charge in [-0.2, -0.15) is 9.40 Å². The minimum atomic E-state index is -3.78. The summed E-state index contributed by atoms with van der Waals surface area (Å²) in [4.78, 5) is 4.83. The van der Waals surface area contributed by atoms with Gasteiger partial charge >= 0.3 is 0 Å². The number of hydrogen-bond acceptors (Lipinski definition) is 6. The first-order chi connectivity index (χ1) is 17.3. The molecule has 0 amide bonds. The predicted molar refractivity (Wildman–Crippen MR) is 138 cm³/mol. The Morgan fingerprint density at radius 2 is 1.78 bits per heavy atom. The average Bonchev–Trinajstić information content (AvgIpc) is 3.22. The van der Waals surface area contributed by atoms with E-state index in [1.807, 2.05) is 13.0 Å². The minimum Gasteiger partial charge on any atom is -0.383 e. The van der Waals surface area contributed by atoms with Crippen molar-refractivity contribution in [2.24, 2.45) is 0 Å². The molecule has 1 fully saturated rings. The molecule has 0 spiro atoms. The van der Waals surface area contributed by atoms with Gasteiger partial charge in [0.1, 0.15) is 11.6 Å². The van der Waals surface area contributed by atoms with Crippen LogP contribution >= 0.6 is 0 Å². The number of hydrogen-bond donors (Lipinski definition) is 0. The zero-order valence-electron chi connectivity index (χ0n) is 21.1. The highest BCUT2D eigenvalue weighted by atomic mass is 32.2. The third-order valence-electron chi connectivity index (χ3n) is 6.59. The standard InChI is InChI=1S/C26H34FN5O3S/c1-4-29-13-15-30(16-14-29)26-25(21(2)28-32(26)23-10-8-9-22(27)19-23)20-31(17-18-35-3)36(33,34)24-11-6-5-7-12-24/h5-12,19H,4,13-18,20H2,1-3H3. The van der Waals surface area contributed by atoms with Crippen LogP contribution in [0.5, 0.6) is 0 Å². The Morgan fingerprint density at radius 3 is 2.42 bits per heavy atom. The first kappa shape index (κ1) is 26.3. The summed E-state index contributed by atoms with van der Waals surface area (Å²) in [5.41, 5.74) is 2.12. The first-order valence-electron chi connectivity index (χ1n) is 12.2. The number of aryl methyl sites for hydroxylation is 1. The number of benzene rings is 2. The Kier molecular flexibility index (Phi) is 8.40. The van der Waals surface area contributed by atoms with Gasteiger partial charge < -0.3 is 14.5 Å². The van der Waals surface area contributed by atoms with Crippen LogP contribution in [0.3, 0.4) is 0 Å². The first-order valence-corrected chi connectivity index (χ1v) is 13.6. The molecular weight excluding hydrogens is 481 g/mol. The van der Waals surface area contributed by atoms with Crippen LogP contribution in [0.2, 0.25) is 0 Å². The van der Waals surface area contributed by atoms with E-state index in [-0.39, 0.29) is 30.4 Å². The molecule has 4 rings (SSSR count). The van der Waals surface area contributed by atoms with E-state index in [9.17, 15) is 12.8 Å². The summed E-state index contributed by atoms with van der Waals surface area (Å²) < 4.78 is 49.8. The molecule has 0 aliphatic carbocycles. The molecule has 10 heteroatoms. The molecule has 0 saturated carbocycles. The largest absolute Gasteiger partial charge is 0.383 e. The average molecular weight is 516 g/mol. The number of likely N-dealkylation sites (N-methyl/N-ethyl adjacent to an activating group) is 1. The number of nitrogens with zero attached hydrogens (tertiary/aromatic N) is 5. The van der Waals surface area contributed by atoms with Crippen molar-refractivity contribution in [3.8, 4) is 5.69 Å². The van der Waals surface area contributed by atoms with Crippen LogP contribution in [-0.4, -0.2) is 80.4 Å². The highest BCUT2D eigenvalue weighted by Crippen LogP contribution is 2.31. The number of halogens is 1. The SMILES string of the molecule is CCN1CCN(c2c(CN(CCOC)S(=O)(=O)c3ccccc3)c(C)nn2-c2cccc(F)c2)CC1. The maximum Gasteiger partial charge on any atom is 0.243 e. The zero-order chi connectivity index (χ0) is 25.7. The number of piperazine rings is 1. The number of anilines is 1. The lowest BCUT2D eigenvalue weighted by atomic mass is 10.2. The molecule has 194 valence electrons. The van der Waals surface area contributed by atoms with Gasteiger partial charge in [-0.25, -0.2) is 17.5 Å². The number of methoxy groups -OCH3 is 1. The fourth-order valence-corrected chi connectivity index (χ4v) is 5.93. The van der Waals surface area contributed by atoms with E-state index in [1.165, 1.54) is 16.4 Å². The van der Waals surface area contributed by atoms with E-state index in [4.69, 9.17) is 9.84 Å². The van der Waals surface area contributed by atoms with Crippen molar-refractivity contribution in [3.63, 3.8) is 0 Å². The van der Waals surface area contributed by atoms with Crippen LogP contribution in [0.25, 0.3) is 5.69 Å². The molecule has 1 saturated heterocycles. The highest BCUT2D eigenvalue weighted by Gasteiger charge is 2.30. The molecule has 0 atom stereocenters. The molecule has 1 aliphatic rings. The summed E-state index contributed by atoms with van der Waals surface area (Å²) in [7, 11) is -2.23. The van der Waals surface area contributed by atoms with Gasteiger partial charge in [-0.1, -0.05) is 31.2 Å². The molecule has 1 aliphatic heterocycles. The Balaban J connectivity index is 1.78. The maximum absolute atomic E-state index is 14.2. The molecule has 0 bridgehead atoms. The molecule has 3 aromatic rings. The third-order valence-corrected chi connectivity index (χ3v) is 8.45. The van der Waals surface area contributed by atoms with Crippen molar-refractivity contribution in [1.29, 1.82) is 0 Å². The third kappa shape index (κ3) is 5.62. The van der Waals surface area contributed by atoms with Gasteiger partial charge in [-0.15, -0.1) is 0 Å². The smallest absolute Gasteiger partial charge is 0.243 e. The van der Waals surface area contributed by atoms with Gasteiger partial charge in [0.2, 0.25) is 10.0 Å². The topological polar surface area (TPSA) is 70.9 Å². The van der Waals surface area contributed by atoms with Crippen molar-refractivity contribution >= 4 is 15.8 Å². The Hall–Kier alpha value is -2.79. The van der Waals surface area contributed by atoms with E-state index in [2.05, 4.69) is 16.7 Å². The quantitative estimate of drug-likeness (QED) is 0.413. The van der Waals surface area contributed by atoms with E-state index in [0.717, 1.165) is 44.1 Å². The highest BCUT2D eigenvalue weighted by molar-refractivity contribution is 7.89. The van der Waals surface area contributed by atoms with Gasteiger partial charge in [-0.05, 0) is 43.8 Å². The molecule has 0 unspecified atom stereocenters. The van der Waals surface area contributed by atoms with E-state index in [1.54, 1.807) is 48.2 Å². The zero-order valence-corrected chi connectivity index (χ0v) is 21.9. The lowest BCUT2D eigenvalue weighted by Crippen LogP contribution is -2.47. The number of aromatic nitrogens is 2. The second-order valence-corrected chi connectivity index (χ2v) is 10.8. The summed E-state index contributed by atoms with van der Waals surface area (Å²) in [5, 5.41) is 4.77. The number of rotatable bonds is 10. The molecule has 2 aromatic carbocycles. The summed E-state index contributed by atoms with van der Waals surface area (Å²) >= 11 is 0. The monoisotopic (exact) mass is 515 g/mol. The minimum absolute atomic E-state index is 0.130. The fraction of sp³-hybridized carbons (Fsp3) is 0.423. The summed E-state index contributed by atoms with van der Waals surface area (Å²) in [6.07, 6.45) is 0. The Bertz CT molecular complexity index is 1260. The maximum atomic E-state index is 14.2. The van der Waals surface area contributed by atoms with E-state index in [0.29, 0.717) is 11.4 Å². The van der Waals surface area contributed by atoms with Crippen molar-refractivity contribution in [2.75, 3.05) is 57.9 Å². The van der Waals surface area contributed by atoms with Crippen molar-refractivity contribution < 1.29 is 17.5 Å². The predicted octanol–water partition coefficient (Wildman–Crippen LogP) is 3.30. The molecular formula is C26H34FN5O3S. The molecule has 0 N–H and O–H groups in total. The second kappa shape index (κ2) is 11.5. The molecule has 2 heterocycles. The lowest BCUT2D eigenvalue weighted by molar-refractivity contribution is 0.177.